The van der Waals surface area contributed by atoms with Crippen LogP contribution in [-0.4, -0.2) is 21.0 Å². The number of aryl methyl sites for hydroxylation is 2. The van der Waals surface area contributed by atoms with Crippen molar-refractivity contribution in [3.05, 3.63) is 29.3 Å². The van der Waals surface area contributed by atoms with E-state index in [1.165, 1.54) is 0 Å². The summed E-state index contributed by atoms with van der Waals surface area (Å²) in [7, 11) is -3.39. The first-order valence-electron chi connectivity index (χ1n) is 6.21. The van der Waals surface area contributed by atoms with Crippen molar-refractivity contribution in [3.8, 4) is 0 Å². The zero-order valence-electron chi connectivity index (χ0n) is 10.8. The molecule has 1 aliphatic carbocycles. The highest BCUT2D eigenvalue weighted by molar-refractivity contribution is 7.89. The van der Waals surface area contributed by atoms with E-state index in [0.717, 1.165) is 24.0 Å². The molecule has 1 aliphatic rings. The minimum atomic E-state index is -3.39. The maximum Gasteiger partial charge on any atom is 0.240 e. The molecule has 0 amide bonds. The summed E-state index contributed by atoms with van der Waals surface area (Å²) in [6.45, 7) is 4.26. The van der Waals surface area contributed by atoms with Crippen LogP contribution in [0.3, 0.4) is 0 Å². The van der Waals surface area contributed by atoms with Gasteiger partial charge in [-0.1, -0.05) is 17.7 Å². The summed E-state index contributed by atoms with van der Waals surface area (Å²) in [5.41, 5.74) is 7.53. The van der Waals surface area contributed by atoms with Crippen LogP contribution in [0.5, 0.6) is 0 Å². The van der Waals surface area contributed by atoms with Crippen LogP contribution in [0.4, 0.5) is 0 Å². The summed E-state index contributed by atoms with van der Waals surface area (Å²) < 4.78 is 27.0. The van der Waals surface area contributed by atoms with Crippen LogP contribution in [0.1, 0.15) is 24.0 Å². The van der Waals surface area contributed by atoms with E-state index in [4.69, 9.17) is 5.73 Å². The van der Waals surface area contributed by atoms with Gasteiger partial charge < -0.3 is 5.73 Å². The Morgan fingerprint density at radius 1 is 1.33 bits per heavy atom. The second-order valence-electron chi connectivity index (χ2n) is 5.22. The van der Waals surface area contributed by atoms with Crippen LogP contribution in [0.25, 0.3) is 0 Å². The number of hydrogen-bond donors (Lipinski definition) is 2. The molecular formula is C13H20N2O2S. The molecule has 4 nitrogen and oxygen atoms in total. The van der Waals surface area contributed by atoms with Crippen molar-refractivity contribution in [1.82, 2.24) is 4.72 Å². The van der Waals surface area contributed by atoms with Gasteiger partial charge in [-0.2, -0.15) is 0 Å². The number of rotatable bonds is 4. The minimum absolute atomic E-state index is 0.251. The highest BCUT2D eigenvalue weighted by Crippen LogP contribution is 2.25. The van der Waals surface area contributed by atoms with Crippen molar-refractivity contribution < 1.29 is 8.42 Å². The zero-order valence-corrected chi connectivity index (χ0v) is 11.6. The Kier molecular flexibility index (Phi) is 3.75. The van der Waals surface area contributed by atoms with Crippen LogP contribution in [-0.2, 0) is 10.0 Å². The SMILES string of the molecule is Cc1ccc(S(=O)(=O)NCC2CC(N)C2)c(C)c1. The van der Waals surface area contributed by atoms with E-state index in [0.29, 0.717) is 17.4 Å². The molecule has 0 aromatic heterocycles. The molecule has 5 heteroatoms. The van der Waals surface area contributed by atoms with E-state index in [9.17, 15) is 8.42 Å². The van der Waals surface area contributed by atoms with E-state index in [1.54, 1.807) is 6.07 Å². The quantitative estimate of drug-likeness (QED) is 0.865. The molecule has 1 aromatic carbocycles. The molecule has 0 bridgehead atoms. The Balaban J connectivity index is 2.06. The van der Waals surface area contributed by atoms with Gasteiger partial charge in [-0.25, -0.2) is 13.1 Å². The minimum Gasteiger partial charge on any atom is -0.328 e. The van der Waals surface area contributed by atoms with Gasteiger partial charge in [-0.15, -0.1) is 0 Å². The highest BCUT2D eigenvalue weighted by Gasteiger charge is 2.27. The van der Waals surface area contributed by atoms with Gasteiger partial charge in [-0.3, -0.25) is 0 Å². The Hall–Kier alpha value is -0.910. The second-order valence-corrected chi connectivity index (χ2v) is 6.95. The summed E-state index contributed by atoms with van der Waals surface area (Å²) in [5.74, 6) is 0.389. The smallest absolute Gasteiger partial charge is 0.240 e. The second kappa shape index (κ2) is 4.99. The molecule has 1 aromatic rings. The van der Waals surface area contributed by atoms with Crippen molar-refractivity contribution >= 4 is 10.0 Å². The lowest BCUT2D eigenvalue weighted by molar-refractivity contribution is 0.267. The van der Waals surface area contributed by atoms with Gasteiger partial charge >= 0.3 is 0 Å². The van der Waals surface area contributed by atoms with Crippen molar-refractivity contribution in [1.29, 1.82) is 0 Å². The van der Waals surface area contributed by atoms with Crippen LogP contribution in [0.15, 0.2) is 23.1 Å². The molecule has 18 heavy (non-hydrogen) atoms. The van der Waals surface area contributed by atoms with E-state index in [-0.39, 0.29) is 6.04 Å². The van der Waals surface area contributed by atoms with E-state index in [1.807, 2.05) is 26.0 Å². The van der Waals surface area contributed by atoms with Gasteiger partial charge in [0.1, 0.15) is 0 Å². The first-order chi connectivity index (χ1) is 8.38. The Labute approximate surface area is 109 Å². The van der Waals surface area contributed by atoms with Gasteiger partial charge in [-0.05, 0) is 44.2 Å². The summed E-state index contributed by atoms with van der Waals surface area (Å²) in [6, 6.07) is 5.62. The average molecular weight is 268 g/mol. The van der Waals surface area contributed by atoms with Gasteiger partial charge in [0.15, 0.2) is 0 Å². The first kappa shape index (κ1) is 13.5. The highest BCUT2D eigenvalue weighted by atomic mass is 32.2. The summed E-state index contributed by atoms with van der Waals surface area (Å²) >= 11 is 0. The number of hydrogen-bond acceptors (Lipinski definition) is 3. The van der Waals surface area contributed by atoms with Gasteiger partial charge in [0.05, 0.1) is 4.90 Å². The predicted molar refractivity (Wildman–Crippen MR) is 71.8 cm³/mol. The first-order valence-corrected chi connectivity index (χ1v) is 7.69. The summed E-state index contributed by atoms with van der Waals surface area (Å²) in [4.78, 5) is 0.372. The Morgan fingerprint density at radius 3 is 2.56 bits per heavy atom. The van der Waals surface area contributed by atoms with Crippen LogP contribution in [0, 0.1) is 19.8 Å². The Morgan fingerprint density at radius 2 is 2.00 bits per heavy atom. The fourth-order valence-electron chi connectivity index (χ4n) is 2.36. The van der Waals surface area contributed by atoms with Gasteiger partial charge in [0.25, 0.3) is 0 Å². The fourth-order valence-corrected chi connectivity index (χ4v) is 3.70. The normalized spacial score (nSPS) is 23.7. The molecule has 100 valence electrons. The van der Waals surface area contributed by atoms with Gasteiger partial charge in [0.2, 0.25) is 10.0 Å². The summed E-state index contributed by atoms with van der Waals surface area (Å²) in [6.07, 6.45) is 1.82. The lowest BCUT2D eigenvalue weighted by Gasteiger charge is -2.32. The number of benzene rings is 1. The van der Waals surface area contributed by atoms with Crippen molar-refractivity contribution in [2.45, 2.75) is 37.6 Å². The van der Waals surface area contributed by atoms with E-state index in [2.05, 4.69) is 4.72 Å². The average Bonchev–Trinajstić information content (AvgIpc) is 2.22. The topological polar surface area (TPSA) is 72.2 Å². The molecule has 0 unspecified atom stereocenters. The molecule has 0 spiro atoms. The number of sulfonamides is 1. The zero-order chi connectivity index (χ0) is 13.3. The van der Waals surface area contributed by atoms with E-state index >= 15 is 0 Å². The molecule has 0 atom stereocenters. The third-order valence-electron chi connectivity index (χ3n) is 3.45. The molecule has 1 fully saturated rings. The van der Waals surface area contributed by atoms with Crippen LogP contribution >= 0.6 is 0 Å². The lowest BCUT2D eigenvalue weighted by Crippen LogP contribution is -2.42. The standard InChI is InChI=1S/C13H20N2O2S/c1-9-3-4-13(10(2)5-9)18(16,17)15-8-11-6-12(14)7-11/h3-5,11-12,15H,6-8,14H2,1-2H3. The van der Waals surface area contributed by atoms with Crippen molar-refractivity contribution in [2.24, 2.45) is 11.7 Å². The molecule has 1 saturated carbocycles. The van der Waals surface area contributed by atoms with Crippen molar-refractivity contribution in [3.63, 3.8) is 0 Å². The fraction of sp³-hybridized carbons (Fsp3) is 0.538. The molecule has 3 N–H and O–H groups in total. The third kappa shape index (κ3) is 2.91. The predicted octanol–water partition coefficient (Wildman–Crippen LogP) is 1.32. The molecule has 0 aliphatic heterocycles. The van der Waals surface area contributed by atoms with Crippen molar-refractivity contribution in [2.75, 3.05) is 6.54 Å². The monoisotopic (exact) mass is 268 g/mol. The van der Waals surface area contributed by atoms with Gasteiger partial charge in [0, 0.05) is 12.6 Å². The summed E-state index contributed by atoms with van der Waals surface area (Å²) in [5, 5.41) is 0. The largest absolute Gasteiger partial charge is 0.328 e. The van der Waals surface area contributed by atoms with Crippen LogP contribution in [0.2, 0.25) is 0 Å². The number of nitrogens with two attached hydrogens (primary N) is 1. The Bertz CT molecular complexity index is 534. The third-order valence-corrected chi connectivity index (χ3v) is 5.04. The molecule has 0 heterocycles. The molecule has 0 saturated heterocycles. The van der Waals surface area contributed by atoms with Crippen LogP contribution < -0.4 is 10.5 Å². The lowest BCUT2D eigenvalue weighted by atomic mass is 9.81. The maximum atomic E-state index is 12.1. The molecular weight excluding hydrogens is 248 g/mol. The van der Waals surface area contributed by atoms with E-state index < -0.39 is 10.0 Å². The number of nitrogens with one attached hydrogen (secondary N) is 1. The molecule has 2 rings (SSSR count). The maximum absolute atomic E-state index is 12.1. The molecule has 0 radical (unpaired) electrons.